The Morgan fingerprint density at radius 2 is 2.00 bits per heavy atom. The highest BCUT2D eigenvalue weighted by molar-refractivity contribution is 9.11. The second kappa shape index (κ2) is 5.51. The van der Waals surface area contributed by atoms with E-state index in [9.17, 15) is 9.90 Å². The molecule has 0 radical (unpaired) electrons. The summed E-state index contributed by atoms with van der Waals surface area (Å²) in [5.41, 5.74) is 1.59. The number of halogens is 2. The van der Waals surface area contributed by atoms with Crippen molar-refractivity contribution in [2.24, 2.45) is 0 Å². The highest BCUT2D eigenvalue weighted by Crippen LogP contribution is 2.34. The van der Waals surface area contributed by atoms with Crippen LogP contribution < -0.4 is 0 Å². The second-order valence-corrected chi connectivity index (χ2v) is 7.61. The van der Waals surface area contributed by atoms with Gasteiger partial charge < -0.3 is 5.11 Å². The van der Waals surface area contributed by atoms with Gasteiger partial charge in [-0.25, -0.2) is 9.78 Å². The number of hydrogen-bond acceptors (Lipinski definition) is 3. The zero-order valence-corrected chi connectivity index (χ0v) is 14.8. The largest absolute Gasteiger partial charge is 0.478 e. The fourth-order valence-corrected chi connectivity index (χ4v) is 4.27. The number of aryl methyl sites for hydroxylation is 1. The molecule has 3 rings (SSSR count). The molecule has 2 aromatic heterocycles. The highest BCUT2D eigenvalue weighted by Gasteiger charge is 2.16. The lowest BCUT2D eigenvalue weighted by molar-refractivity contribution is 0.0699. The number of aromatic carboxylic acids is 1. The Morgan fingerprint density at radius 3 is 2.62 bits per heavy atom. The molecule has 106 valence electrons. The molecule has 1 aromatic carbocycles. The maximum atomic E-state index is 11.6. The fraction of sp³-hybridized carbons (Fsp3) is 0.0667. The van der Waals surface area contributed by atoms with Crippen molar-refractivity contribution in [3.63, 3.8) is 0 Å². The number of carboxylic acid groups (broad SMARTS) is 1. The Hall–Kier alpha value is -1.24. The topological polar surface area (TPSA) is 50.2 Å². The predicted molar refractivity (Wildman–Crippen MR) is 92.2 cm³/mol. The molecule has 0 saturated carbocycles. The molecule has 1 N–H and O–H groups in total. The zero-order chi connectivity index (χ0) is 15.1. The Kier molecular flexibility index (Phi) is 3.86. The van der Waals surface area contributed by atoms with E-state index in [-0.39, 0.29) is 5.56 Å². The molecule has 21 heavy (non-hydrogen) atoms. The number of fused-ring (bicyclic) bond motifs is 1. The number of carboxylic acids is 1. The quantitative estimate of drug-likeness (QED) is 0.588. The molecule has 0 fully saturated rings. The van der Waals surface area contributed by atoms with Crippen LogP contribution in [0.15, 0.2) is 39.3 Å². The molecule has 3 nitrogen and oxygen atoms in total. The van der Waals surface area contributed by atoms with E-state index in [0.717, 1.165) is 13.8 Å². The molecular weight excluding hydrogens is 418 g/mol. The first-order valence-electron chi connectivity index (χ1n) is 6.05. The molecule has 0 amide bonds. The summed E-state index contributed by atoms with van der Waals surface area (Å²) in [5.74, 6) is -0.957. The van der Waals surface area contributed by atoms with Gasteiger partial charge in [-0.1, -0.05) is 15.9 Å². The SMILES string of the molecule is Cc1ccc(-c2cc(C(=O)O)c3cc(Br)cc(Br)c3n2)s1. The number of hydrogen-bond donors (Lipinski definition) is 1. The molecule has 0 bridgehead atoms. The number of carbonyl (C=O) groups is 1. The van der Waals surface area contributed by atoms with E-state index >= 15 is 0 Å². The number of aromatic nitrogens is 1. The minimum atomic E-state index is -0.957. The van der Waals surface area contributed by atoms with Gasteiger partial charge in [0.15, 0.2) is 0 Å². The summed E-state index contributed by atoms with van der Waals surface area (Å²) < 4.78 is 1.58. The Morgan fingerprint density at radius 1 is 1.24 bits per heavy atom. The average molecular weight is 427 g/mol. The Bertz CT molecular complexity index is 873. The molecule has 0 unspecified atom stereocenters. The standard InChI is InChI=1S/C15H9Br2NO2S/c1-7-2-3-13(21-7)12-6-10(15(19)20)9-4-8(16)5-11(17)14(9)18-12/h2-6H,1H3,(H,19,20). The molecule has 0 aliphatic heterocycles. The number of thiophene rings is 1. The monoisotopic (exact) mass is 425 g/mol. The van der Waals surface area contributed by atoms with Gasteiger partial charge in [-0.15, -0.1) is 11.3 Å². The number of rotatable bonds is 2. The van der Waals surface area contributed by atoms with E-state index in [4.69, 9.17) is 0 Å². The van der Waals surface area contributed by atoms with E-state index in [1.165, 1.54) is 4.88 Å². The molecule has 0 saturated heterocycles. The van der Waals surface area contributed by atoms with E-state index in [1.807, 2.05) is 25.1 Å². The van der Waals surface area contributed by atoms with Gasteiger partial charge in [0.1, 0.15) is 0 Å². The maximum Gasteiger partial charge on any atom is 0.336 e. The van der Waals surface area contributed by atoms with Crippen molar-refractivity contribution in [1.82, 2.24) is 4.98 Å². The van der Waals surface area contributed by atoms with Gasteiger partial charge in [-0.2, -0.15) is 0 Å². The van der Waals surface area contributed by atoms with Crippen LogP contribution in [-0.2, 0) is 0 Å². The third-order valence-electron chi connectivity index (χ3n) is 3.05. The summed E-state index contributed by atoms with van der Waals surface area (Å²) in [6.07, 6.45) is 0. The molecular formula is C15H9Br2NO2S. The van der Waals surface area contributed by atoms with Crippen LogP contribution in [0.25, 0.3) is 21.5 Å². The lowest BCUT2D eigenvalue weighted by Crippen LogP contribution is -2.00. The van der Waals surface area contributed by atoms with E-state index in [0.29, 0.717) is 16.6 Å². The molecule has 2 heterocycles. The van der Waals surface area contributed by atoms with Crippen molar-refractivity contribution >= 4 is 60.1 Å². The van der Waals surface area contributed by atoms with Crippen molar-refractivity contribution in [2.45, 2.75) is 6.92 Å². The van der Waals surface area contributed by atoms with Crippen molar-refractivity contribution in [3.8, 4) is 10.6 Å². The van der Waals surface area contributed by atoms with Crippen LogP contribution in [0, 0.1) is 6.92 Å². The van der Waals surface area contributed by atoms with E-state index in [1.54, 1.807) is 23.5 Å². The van der Waals surface area contributed by atoms with Gasteiger partial charge in [-0.05, 0) is 53.2 Å². The summed E-state index contributed by atoms with van der Waals surface area (Å²) >= 11 is 8.44. The first-order valence-corrected chi connectivity index (χ1v) is 8.46. The number of pyridine rings is 1. The van der Waals surface area contributed by atoms with Crippen molar-refractivity contribution in [1.29, 1.82) is 0 Å². The summed E-state index contributed by atoms with van der Waals surface area (Å²) in [6, 6.07) is 9.24. The third-order valence-corrected chi connectivity index (χ3v) is 5.14. The average Bonchev–Trinajstić information content (AvgIpc) is 2.84. The minimum absolute atomic E-state index is 0.253. The smallest absolute Gasteiger partial charge is 0.336 e. The van der Waals surface area contributed by atoms with Gasteiger partial charge in [0, 0.05) is 19.2 Å². The zero-order valence-electron chi connectivity index (χ0n) is 10.9. The van der Waals surface area contributed by atoms with Crippen LogP contribution >= 0.6 is 43.2 Å². The van der Waals surface area contributed by atoms with E-state index < -0.39 is 5.97 Å². The fourth-order valence-electron chi connectivity index (χ4n) is 2.13. The normalized spacial score (nSPS) is 11.0. The number of benzene rings is 1. The first-order chi connectivity index (χ1) is 9.95. The minimum Gasteiger partial charge on any atom is -0.478 e. The lowest BCUT2D eigenvalue weighted by atomic mass is 10.1. The van der Waals surface area contributed by atoms with E-state index in [2.05, 4.69) is 36.8 Å². The molecule has 0 spiro atoms. The van der Waals surface area contributed by atoms with Crippen molar-refractivity contribution in [2.75, 3.05) is 0 Å². The van der Waals surface area contributed by atoms with Crippen LogP contribution in [0.4, 0.5) is 0 Å². The molecule has 0 aliphatic carbocycles. The first kappa shape index (κ1) is 14.7. The number of nitrogens with zero attached hydrogens (tertiary/aromatic N) is 1. The van der Waals surface area contributed by atoms with Gasteiger partial charge in [0.25, 0.3) is 0 Å². The van der Waals surface area contributed by atoms with Gasteiger partial charge >= 0.3 is 5.97 Å². The summed E-state index contributed by atoms with van der Waals surface area (Å²) in [4.78, 5) is 18.3. The molecule has 3 aromatic rings. The van der Waals surface area contributed by atoms with Crippen LogP contribution in [0.1, 0.15) is 15.2 Å². The summed E-state index contributed by atoms with van der Waals surface area (Å²) in [5, 5.41) is 10.1. The summed E-state index contributed by atoms with van der Waals surface area (Å²) in [7, 11) is 0. The van der Waals surface area contributed by atoms with Crippen LogP contribution in [0.5, 0.6) is 0 Å². The molecule has 0 aliphatic rings. The molecule has 6 heteroatoms. The van der Waals surface area contributed by atoms with Crippen LogP contribution in [0.2, 0.25) is 0 Å². The Balaban J connectivity index is 2.37. The van der Waals surface area contributed by atoms with Gasteiger partial charge in [0.05, 0.1) is 21.7 Å². The lowest BCUT2D eigenvalue weighted by Gasteiger charge is -2.08. The van der Waals surface area contributed by atoms with Crippen LogP contribution in [-0.4, -0.2) is 16.1 Å². The predicted octanol–water partition coefficient (Wildman–Crippen LogP) is 5.49. The maximum absolute atomic E-state index is 11.6. The Labute approximate surface area is 141 Å². The van der Waals surface area contributed by atoms with Crippen LogP contribution in [0.3, 0.4) is 0 Å². The van der Waals surface area contributed by atoms with Gasteiger partial charge in [-0.3, -0.25) is 0 Å². The van der Waals surface area contributed by atoms with Gasteiger partial charge in [0.2, 0.25) is 0 Å². The second-order valence-electron chi connectivity index (χ2n) is 4.55. The highest BCUT2D eigenvalue weighted by atomic mass is 79.9. The van der Waals surface area contributed by atoms with Crippen molar-refractivity contribution in [3.05, 3.63) is 49.7 Å². The molecule has 0 atom stereocenters. The van der Waals surface area contributed by atoms with Crippen molar-refractivity contribution < 1.29 is 9.90 Å². The summed E-state index contributed by atoms with van der Waals surface area (Å²) in [6.45, 7) is 2.01. The third kappa shape index (κ3) is 2.75.